The monoisotopic (exact) mass is 345 g/mol. The Morgan fingerprint density at radius 2 is 1.91 bits per heavy atom. The summed E-state index contributed by atoms with van der Waals surface area (Å²) in [5, 5.41) is 0. The van der Waals surface area contributed by atoms with Crippen LogP contribution in [-0.4, -0.2) is 49.6 Å². The molecule has 1 saturated carbocycles. The Bertz CT molecular complexity index is 511. The third kappa shape index (κ3) is 4.90. The van der Waals surface area contributed by atoms with Crippen LogP contribution in [0.5, 0.6) is 0 Å². The second-order valence-corrected chi connectivity index (χ2v) is 9.21. The maximum Gasteiger partial charge on any atom is 0.227 e. The predicted octanol–water partition coefficient (Wildman–Crippen LogP) is 1.21. The second-order valence-electron chi connectivity index (χ2n) is 7.34. The minimum absolute atomic E-state index is 0.0498. The van der Waals surface area contributed by atoms with Crippen molar-refractivity contribution >= 4 is 15.9 Å². The molecule has 6 nitrogen and oxygen atoms in total. The van der Waals surface area contributed by atoms with Crippen molar-refractivity contribution in [2.75, 3.05) is 18.8 Å². The molecule has 134 valence electrons. The molecule has 0 aromatic heterocycles. The molecule has 7 heteroatoms. The normalized spacial score (nSPS) is 30.4. The molecule has 0 spiro atoms. The van der Waals surface area contributed by atoms with Gasteiger partial charge in [0.05, 0.1) is 11.7 Å². The van der Waals surface area contributed by atoms with Gasteiger partial charge in [0, 0.05) is 24.7 Å². The van der Waals surface area contributed by atoms with E-state index in [0.717, 1.165) is 25.7 Å². The Labute approximate surface area is 140 Å². The molecule has 1 heterocycles. The van der Waals surface area contributed by atoms with Gasteiger partial charge >= 0.3 is 0 Å². The summed E-state index contributed by atoms with van der Waals surface area (Å²) in [4.78, 5) is 14.7. The third-order valence-corrected chi connectivity index (χ3v) is 6.82. The summed E-state index contributed by atoms with van der Waals surface area (Å²) in [6.07, 6.45) is 5.91. The van der Waals surface area contributed by atoms with E-state index in [1.54, 1.807) is 0 Å². The molecule has 1 saturated heterocycles. The number of rotatable bonds is 5. The fourth-order valence-electron chi connectivity index (χ4n) is 3.78. The molecule has 1 aliphatic carbocycles. The fourth-order valence-corrected chi connectivity index (χ4v) is 5.18. The van der Waals surface area contributed by atoms with E-state index in [0.29, 0.717) is 32.4 Å². The van der Waals surface area contributed by atoms with Crippen molar-refractivity contribution in [2.24, 2.45) is 11.7 Å². The SMILES string of the molecule is CCCS(=O)(=O)NC1CCN(C(=O)C2CCCCC2(C)N)CC1. The van der Waals surface area contributed by atoms with Crippen LogP contribution in [0.15, 0.2) is 0 Å². The number of nitrogens with zero attached hydrogens (tertiary/aromatic N) is 1. The van der Waals surface area contributed by atoms with Crippen molar-refractivity contribution in [2.45, 2.75) is 70.4 Å². The largest absolute Gasteiger partial charge is 0.342 e. The Kier molecular flexibility index (Phi) is 6.08. The lowest BCUT2D eigenvalue weighted by atomic mass is 9.74. The van der Waals surface area contributed by atoms with E-state index in [9.17, 15) is 13.2 Å². The molecule has 1 amide bonds. The molecule has 0 radical (unpaired) electrons. The van der Waals surface area contributed by atoms with Gasteiger partial charge in [0.2, 0.25) is 15.9 Å². The van der Waals surface area contributed by atoms with Crippen molar-refractivity contribution in [1.29, 1.82) is 0 Å². The standard InChI is InChI=1S/C16H31N3O3S/c1-3-12-23(21,22)18-13-7-10-19(11-8-13)15(20)14-6-4-5-9-16(14,2)17/h13-14,18H,3-12,17H2,1-2H3. The smallest absolute Gasteiger partial charge is 0.227 e. The molecular formula is C16H31N3O3S. The van der Waals surface area contributed by atoms with Gasteiger partial charge in [-0.15, -0.1) is 0 Å². The van der Waals surface area contributed by atoms with Crippen LogP contribution in [0.3, 0.4) is 0 Å². The fraction of sp³-hybridized carbons (Fsp3) is 0.938. The van der Waals surface area contributed by atoms with Crippen LogP contribution in [0, 0.1) is 5.92 Å². The van der Waals surface area contributed by atoms with Gasteiger partial charge in [-0.1, -0.05) is 19.8 Å². The first-order valence-corrected chi connectivity index (χ1v) is 10.5. The Hall–Kier alpha value is -0.660. The van der Waals surface area contributed by atoms with E-state index in [-0.39, 0.29) is 23.6 Å². The minimum atomic E-state index is -3.18. The highest BCUT2D eigenvalue weighted by Gasteiger charge is 2.40. The Balaban J connectivity index is 1.88. The molecule has 2 atom stereocenters. The van der Waals surface area contributed by atoms with Gasteiger partial charge in [-0.05, 0) is 39.0 Å². The molecule has 23 heavy (non-hydrogen) atoms. The molecule has 0 aromatic rings. The average Bonchev–Trinajstić information content (AvgIpc) is 2.46. The average molecular weight is 346 g/mol. The van der Waals surface area contributed by atoms with Crippen LogP contribution < -0.4 is 10.5 Å². The van der Waals surface area contributed by atoms with Crippen LogP contribution in [0.2, 0.25) is 0 Å². The van der Waals surface area contributed by atoms with E-state index in [1.165, 1.54) is 0 Å². The highest BCUT2D eigenvalue weighted by Crippen LogP contribution is 2.33. The summed E-state index contributed by atoms with van der Waals surface area (Å²) in [6, 6.07) is -0.0498. The molecular weight excluding hydrogens is 314 g/mol. The number of piperidine rings is 1. The number of nitrogens with one attached hydrogen (secondary N) is 1. The van der Waals surface area contributed by atoms with Gasteiger partial charge in [0.25, 0.3) is 0 Å². The summed E-state index contributed by atoms with van der Waals surface area (Å²) in [6.45, 7) is 5.07. The second kappa shape index (κ2) is 7.49. The number of amides is 1. The maximum atomic E-state index is 12.8. The van der Waals surface area contributed by atoms with Crippen LogP contribution >= 0.6 is 0 Å². The summed E-state index contributed by atoms with van der Waals surface area (Å²) < 4.78 is 26.4. The van der Waals surface area contributed by atoms with Crippen LogP contribution in [0.1, 0.15) is 58.8 Å². The highest BCUT2D eigenvalue weighted by atomic mass is 32.2. The number of sulfonamides is 1. The Morgan fingerprint density at radius 1 is 1.26 bits per heavy atom. The molecule has 0 bridgehead atoms. The van der Waals surface area contributed by atoms with Crippen molar-refractivity contribution in [3.8, 4) is 0 Å². The van der Waals surface area contributed by atoms with Gasteiger partial charge in [0.15, 0.2) is 0 Å². The summed E-state index contributed by atoms with van der Waals surface area (Å²) in [7, 11) is -3.18. The van der Waals surface area contributed by atoms with Gasteiger partial charge in [0.1, 0.15) is 0 Å². The lowest BCUT2D eigenvalue weighted by molar-refractivity contribution is -0.140. The lowest BCUT2D eigenvalue weighted by Crippen LogP contribution is -2.56. The van der Waals surface area contributed by atoms with E-state index >= 15 is 0 Å². The zero-order chi connectivity index (χ0) is 17.1. The lowest BCUT2D eigenvalue weighted by Gasteiger charge is -2.41. The van der Waals surface area contributed by atoms with E-state index in [4.69, 9.17) is 5.73 Å². The van der Waals surface area contributed by atoms with E-state index in [1.807, 2.05) is 18.7 Å². The summed E-state index contributed by atoms with van der Waals surface area (Å²) in [5.74, 6) is 0.230. The van der Waals surface area contributed by atoms with Crippen LogP contribution in [0.25, 0.3) is 0 Å². The van der Waals surface area contributed by atoms with Crippen molar-refractivity contribution in [3.05, 3.63) is 0 Å². The summed E-state index contributed by atoms with van der Waals surface area (Å²) in [5.41, 5.74) is 5.93. The van der Waals surface area contributed by atoms with E-state index in [2.05, 4.69) is 4.72 Å². The predicted molar refractivity (Wildman–Crippen MR) is 91.4 cm³/mol. The molecule has 2 aliphatic rings. The first kappa shape index (κ1) is 18.7. The topological polar surface area (TPSA) is 92.5 Å². The molecule has 2 fully saturated rings. The molecule has 0 aromatic carbocycles. The zero-order valence-electron chi connectivity index (χ0n) is 14.4. The maximum absolute atomic E-state index is 12.8. The van der Waals surface area contributed by atoms with Crippen LogP contribution in [-0.2, 0) is 14.8 Å². The van der Waals surface area contributed by atoms with Gasteiger partial charge in [-0.25, -0.2) is 13.1 Å². The molecule has 3 N–H and O–H groups in total. The van der Waals surface area contributed by atoms with Crippen molar-refractivity contribution in [3.63, 3.8) is 0 Å². The quantitative estimate of drug-likeness (QED) is 0.783. The van der Waals surface area contributed by atoms with E-state index < -0.39 is 15.6 Å². The first-order chi connectivity index (χ1) is 10.7. The van der Waals surface area contributed by atoms with Crippen molar-refractivity contribution < 1.29 is 13.2 Å². The third-order valence-electron chi connectivity index (χ3n) is 5.18. The van der Waals surface area contributed by atoms with Gasteiger partial charge < -0.3 is 10.6 Å². The number of carbonyl (C=O) groups excluding carboxylic acids is 1. The number of carbonyl (C=O) groups is 1. The van der Waals surface area contributed by atoms with Crippen molar-refractivity contribution in [1.82, 2.24) is 9.62 Å². The molecule has 2 unspecified atom stereocenters. The Morgan fingerprint density at radius 3 is 2.48 bits per heavy atom. The number of hydrogen-bond acceptors (Lipinski definition) is 4. The number of hydrogen-bond donors (Lipinski definition) is 2. The van der Waals surface area contributed by atoms with Gasteiger partial charge in [-0.3, -0.25) is 4.79 Å². The minimum Gasteiger partial charge on any atom is -0.342 e. The first-order valence-electron chi connectivity index (χ1n) is 8.83. The van der Waals surface area contributed by atoms with Crippen LogP contribution in [0.4, 0.5) is 0 Å². The van der Waals surface area contributed by atoms with Gasteiger partial charge in [-0.2, -0.15) is 0 Å². The highest BCUT2D eigenvalue weighted by molar-refractivity contribution is 7.89. The zero-order valence-corrected chi connectivity index (χ0v) is 15.2. The molecule has 1 aliphatic heterocycles. The number of nitrogens with two attached hydrogens (primary N) is 1. The number of likely N-dealkylation sites (tertiary alicyclic amines) is 1. The summed E-state index contributed by atoms with van der Waals surface area (Å²) >= 11 is 0. The molecule has 2 rings (SSSR count).